The Morgan fingerprint density at radius 1 is 1.33 bits per heavy atom. The van der Waals surface area contributed by atoms with Gasteiger partial charge in [-0.05, 0) is 25.8 Å². The molecule has 0 aliphatic heterocycles. The van der Waals surface area contributed by atoms with Crippen molar-refractivity contribution in [3.05, 3.63) is 59.0 Å². The van der Waals surface area contributed by atoms with Crippen LogP contribution in [0, 0.1) is 0 Å². The Labute approximate surface area is 172 Å². The van der Waals surface area contributed by atoms with E-state index in [1.54, 1.807) is 0 Å². The van der Waals surface area contributed by atoms with Gasteiger partial charge >= 0.3 is 6.18 Å². The van der Waals surface area contributed by atoms with Crippen LogP contribution >= 0.6 is 0 Å². The maximum Gasteiger partial charge on any atom is 0.435 e. The molecule has 0 aromatic carbocycles. The highest BCUT2D eigenvalue weighted by Gasteiger charge is 2.35. The van der Waals surface area contributed by atoms with Crippen LogP contribution in [0.4, 0.5) is 13.2 Å². The van der Waals surface area contributed by atoms with Crippen molar-refractivity contribution in [2.24, 2.45) is 7.05 Å². The molecule has 7 nitrogen and oxygen atoms in total. The Morgan fingerprint density at radius 2 is 2.07 bits per heavy atom. The standard InChI is InChI=1S/C20H24F3N5O2/c1-5-8-13(7-3)10-14(9-6-2)18-25-17(30-27-18)12-24-19(29)15-11-16(20(21,22)23)26-28(15)4/h6,8-11H,5,7,12H2,1-4H3,(H,24,29)/b9-6-,13-8+,14-10+. The van der Waals surface area contributed by atoms with Crippen molar-refractivity contribution >= 4 is 11.5 Å². The summed E-state index contributed by atoms with van der Waals surface area (Å²) in [5.74, 6) is -0.249. The summed E-state index contributed by atoms with van der Waals surface area (Å²) >= 11 is 0. The van der Waals surface area contributed by atoms with Gasteiger partial charge in [-0.15, -0.1) is 0 Å². The SMILES string of the molecule is C\C=C/C(=C\C(=C\CC)CC)c1noc(CNC(=O)c2cc(C(F)(F)F)nn2C)n1. The van der Waals surface area contributed by atoms with Crippen molar-refractivity contribution in [3.63, 3.8) is 0 Å². The van der Waals surface area contributed by atoms with Crippen LogP contribution in [-0.2, 0) is 19.8 Å². The molecular weight excluding hydrogens is 399 g/mol. The van der Waals surface area contributed by atoms with Gasteiger partial charge in [-0.1, -0.05) is 42.8 Å². The summed E-state index contributed by atoms with van der Waals surface area (Å²) in [6.07, 6.45) is 4.89. The number of aromatic nitrogens is 4. The lowest BCUT2D eigenvalue weighted by Gasteiger charge is -2.02. The first kappa shape index (κ1) is 23.1. The van der Waals surface area contributed by atoms with Crippen LogP contribution < -0.4 is 5.32 Å². The third kappa shape index (κ3) is 5.91. The van der Waals surface area contributed by atoms with E-state index >= 15 is 0 Å². The smallest absolute Gasteiger partial charge is 0.342 e. The molecule has 0 radical (unpaired) electrons. The Balaban J connectivity index is 2.13. The van der Waals surface area contributed by atoms with Crippen LogP contribution in [0.25, 0.3) is 5.57 Å². The van der Waals surface area contributed by atoms with Crippen LogP contribution in [0.2, 0.25) is 0 Å². The molecule has 2 rings (SSSR count). The quantitative estimate of drug-likeness (QED) is 0.634. The third-order valence-corrected chi connectivity index (χ3v) is 4.09. The first-order valence-corrected chi connectivity index (χ1v) is 9.45. The van der Waals surface area contributed by atoms with Crippen molar-refractivity contribution in [1.29, 1.82) is 0 Å². The van der Waals surface area contributed by atoms with Crippen molar-refractivity contribution in [3.8, 4) is 0 Å². The molecule has 0 aliphatic carbocycles. The topological polar surface area (TPSA) is 85.8 Å². The molecule has 162 valence electrons. The second-order valence-corrected chi connectivity index (χ2v) is 6.37. The second kappa shape index (κ2) is 10.0. The Bertz CT molecular complexity index is 967. The highest BCUT2D eigenvalue weighted by Crippen LogP contribution is 2.28. The molecule has 0 atom stereocenters. The van der Waals surface area contributed by atoms with Gasteiger partial charge in [0.15, 0.2) is 5.69 Å². The molecule has 10 heteroatoms. The van der Waals surface area contributed by atoms with E-state index in [0.717, 1.165) is 28.7 Å². The summed E-state index contributed by atoms with van der Waals surface area (Å²) in [5, 5.41) is 9.72. The molecule has 0 aliphatic rings. The number of amides is 1. The number of carbonyl (C=O) groups is 1. The number of nitrogens with zero attached hydrogens (tertiary/aromatic N) is 4. The lowest BCUT2D eigenvalue weighted by Crippen LogP contribution is -2.25. The Hall–Kier alpha value is -3.17. The van der Waals surface area contributed by atoms with E-state index < -0.39 is 17.8 Å². The Kier molecular flexibility index (Phi) is 7.73. The number of alkyl halides is 3. The first-order chi connectivity index (χ1) is 14.2. The number of allylic oxidation sites excluding steroid dienone is 6. The zero-order valence-corrected chi connectivity index (χ0v) is 17.2. The summed E-state index contributed by atoms with van der Waals surface area (Å²) in [6.45, 7) is 5.83. The molecule has 0 fully saturated rings. The molecule has 30 heavy (non-hydrogen) atoms. The van der Waals surface area contributed by atoms with Gasteiger partial charge in [-0.3, -0.25) is 9.48 Å². The number of hydrogen-bond acceptors (Lipinski definition) is 5. The average Bonchev–Trinajstić information content (AvgIpc) is 3.31. The maximum absolute atomic E-state index is 12.7. The molecule has 1 amide bonds. The molecule has 0 bridgehead atoms. The lowest BCUT2D eigenvalue weighted by atomic mass is 10.1. The van der Waals surface area contributed by atoms with Gasteiger partial charge in [0.1, 0.15) is 5.69 Å². The van der Waals surface area contributed by atoms with Crippen molar-refractivity contribution < 1.29 is 22.5 Å². The highest BCUT2D eigenvalue weighted by molar-refractivity contribution is 5.92. The summed E-state index contributed by atoms with van der Waals surface area (Å²) in [7, 11) is 1.26. The minimum Gasteiger partial charge on any atom is -0.342 e. The number of hydrogen-bond donors (Lipinski definition) is 1. The van der Waals surface area contributed by atoms with Gasteiger partial charge in [0.05, 0.1) is 6.54 Å². The number of aryl methyl sites for hydroxylation is 1. The van der Waals surface area contributed by atoms with E-state index in [1.165, 1.54) is 7.05 Å². The summed E-state index contributed by atoms with van der Waals surface area (Å²) in [6, 6.07) is 0.688. The molecule has 2 aromatic rings. The fourth-order valence-electron chi connectivity index (χ4n) is 2.64. The largest absolute Gasteiger partial charge is 0.435 e. The molecular formula is C20H24F3N5O2. The number of halogens is 3. The zero-order chi connectivity index (χ0) is 22.3. The van der Waals surface area contributed by atoms with Gasteiger partial charge in [-0.25, -0.2) is 0 Å². The van der Waals surface area contributed by atoms with E-state index in [4.69, 9.17) is 4.52 Å². The van der Waals surface area contributed by atoms with Crippen LogP contribution in [0.5, 0.6) is 0 Å². The van der Waals surface area contributed by atoms with Crippen LogP contribution in [-0.4, -0.2) is 25.8 Å². The molecule has 0 unspecified atom stereocenters. The summed E-state index contributed by atoms with van der Waals surface area (Å²) in [5.41, 5.74) is 0.515. The van der Waals surface area contributed by atoms with E-state index in [2.05, 4.69) is 26.6 Å². The normalized spacial score (nSPS) is 13.3. The molecule has 2 heterocycles. The van der Waals surface area contributed by atoms with E-state index in [9.17, 15) is 18.0 Å². The van der Waals surface area contributed by atoms with E-state index in [1.807, 2.05) is 39.0 Å². The fourth-order valence-corrected chi connectivity index (χ4v) is 2.64. The third-order valence-electron chi connectivity index (χ3n) is 4.09. The predicted octanol–water partition coefficient (Wildman–Crippen LogP) is 4.46. The maximum atomic E-state index is 12.7. The first-order valence-electron chi connectivity index (χ1n) is 9.45. The predicted molar refractivity (Wildman–Crippen MR) is 105 cm³/mol. The van der Waals surface area contributed by atoms with Crippen LogP contribution in [0.1, 0.15) is 61.5 Å². The molecule has 0 spiro atoms. The molecule has 1 N–H and O–H groups in total. The van der Waals surface area contributed by atoms with E-state index in [0.29, 0.717) is 11.9 Å². The van der Waals surface area contributed by atoms with Gasteiger partial charge in [0, 0.05) is 18.7 Å². The minimum atomic E-state index is -4.63. The van der Waals surface area contributed by atoms with Crippen LogP contribution in [0.15, 0.2) is 40.5 Å². The van der Waals surface area contributed by atoms with Gasteiger partial charge in [0.25, 0.3) is 5.91 Å². The number of carbonyl (C=O) groups excluding carboxylic acids is 1. The lowest BCUT2D eigenvalue weighted by molar-refractivity contribution is -0.141. The summed E-state index contributed by atoms with van der Waals surface area (Å²) in [4.78, 5) is 16.5. The molecule has 0 saturated carbocycles. The molecule has 0 saturated heterocycles. The van der Waals surface area contributed by atoms with Gasteiger partial charge in [0.2, 0.25) is 11.7 Å². The van der Waals surface area contributed by atoms with E-state index in [-0.39, 0.29) is 18.1 Å². The van der Waals surface area contributed by atoms with Crippen molar-refractivity contribution in [1.82, 2.24) is 25.2 Å². The monoisotopic (exact) mass is 423 g/mol. The van der Waals surface area contributed by atoms with Gasteiger partial charge < -0.3 is 9.84 Å². The highest BCUT2D eigenvalue weighted by atomic mass is 19.4. The minimum absolute atomic E-state index is 0.129. The fraction of sp³-hybridized carbons (Fsp3) is 0.400. The Morgan fingerprint density at radius 3 is 2.63 bits per heavy atom. The number of nitrogens with one attached hydrogen (secondary N) is 1. The number of rotatable bonds is 8. The second-order valence-electron chi connectivity index (χ2n) is 6.37. The van der Waals surface area contributed by atoms with Crippen molar-refractivity contribution in [2.75, 3.05) is 0 Å². The summed E-state index contributed by atoms with van der Waals surface area (Å²) < 4.78 is 44.3. The average molecular weight is 423 g/mol. The van der Waals surface area contributed by atoms with Crippen molar-refractivity contribution in [2.45, 2.75) is 46.3 Å². The van der Waals surface area contributed by atoms with Gasteiger partial charge in [-0.2, -0.15) is 23.3 Å². The molecule has 2 aromatic heterocycles. The van der Waals surface area contributed by atoms with Crippen LogP contribution in [0.3, 0.4) is 0 Å². The zero-order valence-electron chi connectivity index (χ0n) is 17.2.